The number of aliphatic hydroxyl groups is 1. The lowest BCUT2D eigenvalue weighted by Gasteiger charge is -2.35. The molecule has 2 heterocycles. The highest BCUT2D eigenvalue weighted by atomic mass is 32.2. The molecule has 1 aliphatic rings. The Hall–Kier alpha value is -3.65. The number of fused-ring (bicyclic) bond motifs is 1. The maximum Gasteiger partial charge on any atom is 0.321 e. The van der Waals surface area contributed by atoms with Gasteiger partial charge in [0.1, 0.15) is 9.96 Å². The first-order chi connectivity index (χ1) is 22.0. The van der Waals surface area contributed by atoms with Crippen LogP contribution in [0, 0.1) is 5.92 Å². The van der Waals surface area contributed by atoms with E-state index in [-0.39, 0.29) is 53.2 Å². The number of thiophene rings is 1. The van der Waals surface area contributed by atoms with Gasteiger partial charge in [-0.15, -0.1) is 11.3 Å². The van der Waals surface area contributed by atoms with Gasteiger partial charge in [0.2, 0.25) is 0 Å². The molecule has 0 bridgehead atoms. The van der Waals surface area contributed by atoms with Crippen LogP contribution >= 0.6 is 11.3 Å². The molecule has 1 aromatic heterocycles. The van der Waals surface area contributed by atoms with Crippen LogP contribution in [0.15, 0.2) is 70.3 Å². The molecule has 3 amide bonds. The fraction of sp³-hybridized carbons (Fsp3) is 0.455. The number of para-hydroxylation sites is 1. The van der Waals surface area contributed by atoms with Crippen molar-refractivity contribution >= 4 is 44.7 Å². The van der Waals surface area contributed by atoms with Crippen molar-refractivity contribution in [2.24, 2.45) is 5.92 Å². The fourth-order valence-corrected chi connectivity index (χ4v) is 7.21. The molecule has 4 atom stereocenters. The molecule has 3 aromatic rings. The predicted molar refractivity (Wildman–Crippen MR) is 180 cm³/mol. The SMILES string of the molecule is C[C@@H]1CCCCO[C@H](CN(C)C(=O)Nc2ccccc2)[C@H](C)CN([C@@H](C)CO)C(=O)c2cc(NS(=O)(=O)c3cccs3)ccc2O1. The van der Waals surface area contributed by atoms with E-state index in [4.69, 9.17) is 9.47 Å². The van der Waals surface area contributed by atoms with Gasteiger partial charge in [-0.2, -0.15) is 0 Å². The van der Waals surface area contributed by atoms with Crippen LogP contribution in [0.5, 0.6) is 5.75 Å². The number of anilines is 2. The van der Waals surface area contributed by atoms with E-state index in [1.807, 2.05) is 44.2 Å². The Morgan fingerprint density at radius 2 is 1.87 bits per heavy atom. The van der Waals surface area contributed by atoms with Gasteiger partial charge < -0.3 is 29.7 Å². The Balaban J connectivity index is 1.62. The number of sulfonamides is 1. The number of hydrogen-bond acceptors (Lipinski definition) is 8. The number of rotatable bonds is 8. The van der Waals surface area contributed by atoms with Gasteiger partial charge in [0, 0.05) is 44.0 Å². The van der Waals surface area contributed by atoms with Gasteiger partial charge in [-0.05, 0) is 74.9 Å². The largest absolute Gasteiger partial charge is 0.490 e. The Morgan fingerprint density at radius 3 is 2.57 bits per heavy atom. The van der Waals surface area contributed by atoms with Crippen molar-refractivity contribution in [3.05, 3.63) is 71.6 Å². The molecule has 1 aliphatic heterocycles. The van der Waals surface area contributed by atoms with E-state index in [1.165, 1.54) is 12.1 Å². The number of aliphatic hydroxyl groups excluding tert-OH is 1. The molecule has 250 valence electrons. The molecule has 46 heavy (non-hydrogen) atoms. The van der Waals surface area contributed by atoms with Crippen molar-refractivity contribution in [1.29, 1.82) is 0 Å². The molecule has 0 aliphatic carbocycles. The second kappa shape index (κ2) is 16.3. The summed E-state index contributed by atoms with van der Waals surface area (Å²) in [5.41, 5.74) is 1.08. The Labute approximate surface area is 275 Å². The lowest BCUT2D eigenvalue weighted by atomic mass is 10.0. The Bertz CT molecular complexity index is 1540. The molecule has 0 saturated heterocycles. The molecule has 0 radical (unpaired) electrons. The lowest BCUT2D eigenvalue weighted by Crippen LogP contribution is -2.48. The number of nitrogens with zero attached hydrogens (tertiary/aromatic N) is 2. The third kappa shape index (κ3) is 9.44. The summed E-state index contributed by atoms with van der Waals surface area (Å²) < 4.78 is 41.2. The zero-order chi connectivity index (χ0) is 33.3. The van der Waals surface area contributed by atoms with Gasteiger partial charge in [0.05, 0.1) is 30.4 Å². The molecule has 11 nitrogen and oxygen atoms in total. The molecule has 0 unspecified atom stereocenters. The summed E-state index contributed by atoms with van der Waals surface area (Å²) in [6, 6.07) is 16.2. The summed E-state index contributed by atoms with van der Waals surface area (Å²) in [5.74, 6) is -0.322. The highest BCUT2D eigenvalue weighted by Crippen LogP contribution is 2.30. The summed E-state index contributed by atoms with van der Waals surface area (Å²) in [6.45, 7) is 6.29. The number of carbonyl (C=O) groups is 2. The molecule has 4 rings (SSSR count). The van der Waals surface area contributed by atoms with Crippen molar-refractivity contribution in [3.8, 4) is 5.75 Å². The summed E-state index contributed by atoms with van der Waals surface area (Å²) in [7, 11) is -2.15. The molecular weight excluding hydrogens is 629 g/mol. The molecular formula is C33H44N4O7S2. The summed E-state index contributed by atoms with van der Waals surface area (Å²) in [4.78, 5) is 30.4. The maximum absolute atomic E-state index is 14.3. The van der Waals surface area contributed by atoms with Crippen LogP contribution < -0.4 is 14.8 Å². The zero-order valence-corrected chi connectivity index (χ0v) is 28.4. The third-order valence-electron chi connectivity index (χ3n) is 7.89. The van der Waals surface area contributed by atoms with Gasteiger partial charge >= 0.3 is 6.03 Å². The van der Waals surface area contributed by atoms with Crippen LogP contribution in [-0.2, 0) is 14.8 Å². The Kier molecular flexibility index (Phi) is 12.4. The van der Waals surface area contributed by atoms with E-state index in [9.17, 15) is 23.1 Å². The number of likely N-dealkylation sites (N-methyl/N-ethyl adjacent to an activating group) is 1. The Morgan fingerprint density at radius 1 is 1.11 bits per heavy atom. The zero-order valence-electron chi connectivity index (χ0n) is 26.7. The lowest BCUT2D eigenvalue weighted by molar-refractivity contribution is -0.0115. The van der Waals surface area contributed by atoms with Crippen molar-refractivity contribution in [1.82, 2.24) is 9.80 Å². The number of urea groups is 1. The number of ether oxygens (including phenoxy) is 2. The van der Waals surface area contributed by atoms with E-state index in [2.05, 4.69) is 10.0 Å². The molecule has 0 spiro atoms. The average Bonchev–Trinajstić information content (AvgIpc) is 3.59. The van der Waals surface area contributed by atoms with Crippen LogP contribution in [0.25, 0.3) is 0 Å². The molecule has 3 N–H and O–H groups in total. The monoisotopic (exact) mass is 672 g/mol. The topological polar surface area (TPSA) is 138 Å². The van der Waals surface area contributed by atoms with Gasteiger partial charge in [-0.3, -0.25) is 9.52 Å². The second-order valence-corrected chi connectivity index (χ2v) is 14.6. The number of amides is 3. The van der Waals surface area contributed by atoms with Crippen LogP contribution in [0.3, 0.4) is 0 Å². The smallest absolute Gasteiger partial charge is 0.321 e. The second-order valence-electron chi connectivity index (χ2n) is 11.7. The number of benzene rings is 2. The van der Waals surface area contributed by atoms with E-state index < -0.39 is 28.1 Å². The molecule has 13 heteroatoms. The highest BCUT2D eigenvalue weighted by Gasteiger charge is 2.31. The van der Waals surface area contributed by atoms with Crippen molar-refractivity contribution < 1.29 is 32.6 Å². The first-order valence-corrected chi connectivity index (χ1v) is 17.8. The third-order valence-corrected chi connectivity index (χ3v) is 10.7. The molecule has 0 saturated carbocycles. The van der Waals surface area contributed by atoms with E-state index in [0.717, 1.165) is 24.2 Å². The van der Waals surface area contributed by atoms with E-state index >= 15 is 0 Å². The van der Waals surface area contributed by atoms with Gasteiger partial charge in [-0.25, -0.2) is 13.2 Å². The minimum atomic E-state index is -3.85. The quantitative estimate of drug-likeness (QED) is 0.287. The first-order valence-electron chi connectivity index (χ1n) is 15.5. The van der Waals surface area contributed by atoms with Crippen molar-refractivity contribution in [2.45, 2.75) is 62.5 Å². The van der Waals surface area contributed by atoms with E-state index in [0.29, 0.717) is 24.5 Å². The van der Waals surface area contributed by atoms with E-state index in [1.54, 1.807) is 47.4 Å². The van der Waals surface area contributed by atoms with Crippen LogP contribution in [0.2, 0.25) is 0 Å². The van der Waals surface area contributed by atoms with Crippen LogP contribution in [0.1, 0.15) is 50.4 Å². The fourth-order valence-electron chi connectivity index (χ4n) is 5.16. The highest BCUT2D eigenvalue weighted by molar-refractivity contribution is 7.94. The standard InChI is InChI=1S/C33H44N4O7S2/c1-23-20-37(24(2)22-38)32(39)28-19-27(35-46(41,42)31-14-10-18-45-31)15-16-29(28)44-25(3)11-8-9-17-43-30(23)21-36(4)33(40)34-26-12-6-5-7-13-26/h5-7,10,12-16,18-19,23-25,30,35,38H,8-9,11,17,20-22H2,1-4H3,(H,34,40)/t23-,24+,25-,30-/m1/s1. The average molecular weight is 673 g/mol. The number of carbonyl (C=O) groups excluding carboxylic acids is 2. The van der Waals surface area contributed by atoms with Gasteiger partial charge in [-0.1, -0.05) is 31.2 Å². The van der Waals surface area contributed by atoms with Crippen LogP contribution in [-0.4, -0.2) is 86.9 Å². The summed E-state index contributed by atoms with van der Waals surface area (Å²) in [6.07, 6.45) is 1.67. The predicted octanol–water partition coefficient (Wildman–Crippen LogP) is 5.51. The first kappa shape index (κ1) is 35.2. The normalized spacial score (nSPS) is 20.5. The minimum Gasteiger partial charge on any atom is -0.490 e. The molecule has 0 fully saturated rings. The number of hydrogen-bond donors (Lipinski definition) is 3. The van der Waals surface area contributed by atoms with Crippen molar-refractivity contribution in [3.63, 3.8) is 0 Å². The van der Waals surface area contributed by atoms with Gasteiger partial charge in [0.25, 0.3) is 15.9 Å². The number of nitrogens with one attached hydrogen (secondary N) is 2. The maximum atomic E-state index is 14.3. The summed E-state index contributed by atoms with van der Waals surface area (Å²) in [5, 5.41) is 14.7. The van der Waals surface area contributed by atoms with Gasteiger partial charge in [0.15, 0.2) is 0 Å². The molecule has 2 aromatic carbocycles. The van der Waals surface area contributed by atoms with Crippen LogP contribution in [0.4, 0.5) is 16.2 Å². The summed E-state index contributed by atoms with van der Waals surface area (Å²) >= 11 is 1.09. The van der Waals surface area contributed by atoms with Crippen molar-refractivity contribution in [2.75, 3.05) is 43.4 Å². The minimum absolute atomic E-state index is 0.154.